The van der Waals surface area contributed by atoms with Crippen molar-refractivity contribution in [3.63, 3.8) is 0 Å². The fraction of sp³-hybridized carbons (Fsp3) is 0.462. The molecular formula is C13H19BrN2O5S. The molecule has 0 saturated heterocycles. The normalized spacial score (nSPS) is 11.0. The Morgan fingerprint density at radius 1 is 1.18 bits per heavy atom. The molecule has 0 aliphatic carbocycles. The van der Waals surface area contributed by atoms with Crippen LogP contribution in [0.15, 0.2) is 18.2 Å². The second-order valence-corrected chi connectivity index (χ2v) is 6.95. The second-order valence-electron chi connectivity index (χ2n) is 4.23. The molecule has 0 bridgehead atoms. The number of hydrogen-bond donors (Lipinski definition) is 2. The molecule has 0 heterocycles. The van der Waals surface area contributed by atoms with Crippen LogP contribution in [-0.2, 0) is 10.0 Å². The lowest BCUT2D eigenvalue weighted by molar-refractivity contribution is 0.0955. The van der Waals surface area contributed by atoms with Gasteiger partial charge >= 0.3 is 0 Å². The molecule has 1 rings (SSSR count). The summed E-state index contributed by atoms with van der Waals surface area (Å²) in [5, 5.41) is 3.09. The molecule has 0 aliphatic rings. The Bertz CT molecular complexity index is 606. The largest absolute Gasteiger partial charge is 0.493 e. The number of hydrogen-bond acceptors (Lipinski definition) is 5. The average Bonchev–Trinajstić information content (AvgIpc) is 2.51. The molecule has 1 aromatic carbocycles. The van der Waals surface area contributed by atoms with Gasteiger partial charge in [0.05, 0.1) is 20.0 Å². The van der Waals surface area contributed by atoms with Gasteiger partial charge in [0.2, 0.25) is 10.0 Å². The SMILES string of the molecule is COc1ccc(C(=O)NCCS(=O)(=O)NCCBr)cc1OC. The van der Waals surface area contributed by atoms with Crippen LogP contribution < -0.4 is 19.5 Å². The number of ether oxygens (including phenoxy) is 2. The van der Waals surface area contributed by atoms with E-state index in [1.807, 2.05) is 0 Å². The van der Waals surface area contributed by atoms with Crippen LogP contribution in [0.5, 0.6) is 11.5 Å². The van der Waals surface area contributed by atoms with Crippen molar-refractivity contribution in [3.8, 4) is 11.5 Å². The highest BCUT2D eigenvalue weighted by atomic mass is 79.9. The number of rotatable bonds is 9. The van der Waals surface area contributed by atoms with Crippen molar-refractivity contribution >= 4 is 31.9 Å². The first-order valence-electron chi connectivity index (χ1n) is 6.47. The van der Waals surface area contributed by atoms with E-state index in [2.05, 4.69) is 26.0 Å². The Morgan fingerprint density at radius 2 is 1.86 bits per heavy atom. The molecule has 1 aromatic rings. The predicted molar refractivity (Wildman–Crippen MR) is 87.5 cm³/mol. The molecule has 7 nitrogen and oxygen atoms in total. The van der Waals surface area contributed by atoms with Gasteiger partial charge in [0.15, 0.2) is 11.5 Å². The van der Waals surface area contributed by atoms with E-state index in [1.54, 1.807) is 12.1 Å². The van der Waals surface area contributed by atoms with E-state index < -0.39 is 10.0 Å². The fourth-order valence-corrected chi connectivity index (χ4v) is 3.03. The maximum Gasteiger partial charge on any atom is 0.251 e. The van der Waals surface area contributed by atoms with Gasteiger partial charge in [-0.2, -0.15) is 0 Å². The summed E-state index contributed by atoms with van der Waals surface area (Å²) in [4.78, 5) is 12.0. The summed E-state index contributed by atoms with van der Waals surface area (Å²) in [6.07, 6.45) is 0. The molecule has 0 fully saturated rings. The van der Waals surface area contributed by atoms with Crippen molar-refractivity contribution in [1.82, 2.24) is 10.0 Å². The fourth-order valence-electron chi connectivity index (χ4n) is 1.64. The van der Waals surface area contributed by atoms with Gasteiger partial charge in [-0.1, -0.05) is 15.9 Å². The maximum absolute atomic E-state index is 12.0. The lowest BCUT2D eigenvalue weighted by Gasteiger charge is -2.10. The third-order valence-electron chi connectivity index (χ3n) is 2.72. The summed E-state index contributed by atoms with van der Waals surface area (Å²) in [7, 11) is -0.408. The van der Waals surface area contributed by atoms with Crippen molar-refractivity contribution in [2.45, 2.75) is 0 Å². The molecular weight excluding hydrogens is 376 g/mol. The van der Waals surface area contributed by atoms with Crippen molar-refractivity contribution < 1.29 is 22.7 Å². The molecule has 0 aliphatic heterocycles. The zero-order chi connectivity index (χ0) is 16.6. The monoisotopic (exact) mass is 394 g/mol. The van der Waals surface area contributed by atoms with Crippen LogP contribution in [0.3, 0.4) is 0 Å². The van der Waals surface area contributed by atoms with Crippen molar-refractivity contribution in [1.29, 1.82) is 0 Å². The highest BCUT2D eigenvalue weighted by Crippen LogP contribution is 2.27. The number of nitrogens with one attached hydrogen (secondary N) is 2. The van der Waals surface area contributed by atoms with E-state index >= 15 is 0 Å². The number of alkyl halides is 1. The molecule has 0 aromatic heterocycles. The molecule has 22 heavy (non-hydrogen) atoms. The topological polar surface area (TPSA) is 93.7 Å². The summed E-state index contributed by atoms with van der Waals surface area (Å²) in [6, 6.07) is 4.72. The molecule has 1 amide bonds. The highest BCUT2D eigenvalue weighted by Gasteiger charge is 2.13. The standard InChI is InChI=1S/C13H19BrN2O5S/c1-20-11-4-3-10(9-12(11)21-2)13(17)15-7-8-22(18,19)16-6-5-14/h3-4,9,16H,5-8H2,1-2H3,(H,15,17). The smallest absolute Gasteiger partial charge is 0.251 e. The van der Waals surface area contributed by atoms with Gasteiger partial charge in [-0.15, -0.1) is 0 Å². The zero-order valence-corrected chi connectivity index (χ0v) is 14.8. The van der Waals surface area contributed by atoms with E-state index in [4.69, 9.17) is 9.47 Å². The molecule has 0 atom stereocenters. The summed E-state index contributed by atoms with van der Waals surface area (Å²) < 4.78 is 35.7. The van der Waals surface area contributed by atoms with Crippen LogP contribution in [0.1, 0.15) is 10.4 Å². The van der Waals surface area contributed by atoms with Crippen LogP contribution in [0.2, 0.25) is 0 Å². The molecule has 0 saturated carbocycles. The lowest BCUT2D eigenvalue weighted by Crippen LogP contribution is -2.35. The van der Waals surface area contributed by atoms with E-state index in [0.29, 0.717) is 28.9 Å². The number of benzene rings is 1. The van der Waals surface area contributed by atoms with Gasteiger partial charge in [0, 0.05) is 24.0 Å². The first-order valence-corrected chi connectivity index (χ1v) is 9.24. The number of methoxy groups -OCH3 is 2. The van der Waals surface area contributed by atoms with Gasteiger partial charge in [0.1, 0.15) is 0 Å². The van der Waals surface area contributed by atoms with Crippen molar-refractivity contribution in [2.24, 2.45) is 0 Å². The van der Waals surface area contributed by atoms with Gasteiger partial charge < -0.3 is 14.8 Å². The van der Waals surface area contributed by atoms with Crippen LogP contribution in [0.25, 0.3) is 0 Å². The minimum Gasteiger partial charge on any atom is -0.493 e. The Morgan fingerprint density at radius 3 is 2.45 bits per heavy atom. The number of carbonyl (C=O) groups is 1. The number of sulfonamides is 1. The van der Waals surface area contributed by atoms with E-state index in [1.165, 1.54) is 20.3 Å². The Balaban J connectivity index is 2.59. The summed E-state index contributed by atoms with van der Waals surface area (Å²) in [5.74, 6) is 0.387. The summed E-state index contributed by atoms with van der Waals surface area (Å²) >= 11 is 3.13. The third kappa shape index (κ3) is 5.82. The summed E-state index contributed by atoms with van der Waals surface area (Å²) in [6.45, 7) is 0.330. The van der Waals surface area contributed by atoms with Gasteiger partial charge in [-0.25, -0.2) is 13.1 Å². The molecule has 2 N–H and O–H groups in total. The van der Waals surface area contributed by atoms with E-state index in [9.17, 15) is 13.2 Å². The van der Waals surface area contributed by atoms with Crippen LogP contribution in [0, 0.1) is 0 Å². The molecule has 0 spiro atoms. The minimum absolute atomic E-state index is 0.0186. The number of amides is 1. The Hall–Kier alpha value is -1.32. The quantitative estimate of drug-likeness (QED) is 0.602. The average molecular weight is 395 g/mol. The van der Waals surface area contributed by atoms with Crippen LogP contribution in [0.4, 0.5) is 0 Å². The van der Waals surface area contributed by atoms with E-state index in [0.717, 1.165) is 0 Å². The van der Waals surface area contributed by atoms with Gasteiger partial charge in [-0.3, -0.25) is 4.79 Å². The van der Waals surface area contributed by atoms with Crippen molar-refractivity contribution in [3.05, 3.63) is 23.8 Å². The lowest BCUT2D eigenvalue weighted by atomic mass is 10.2. The summed E-state index contributed by atoms with van der Waals surface area (Å²) in [5.41, 5.74) is 0.364. The first kappa shape index (κ1) is 18.7. The maximum atomic E-state index is 12.0. The first-order chi connectivity index (χ1) is 10.4. The van der Waals surface area contributed by atoms with E-state index in [-0.39, 0.29) is 18.2 Å². The number of carbonyl (C=O) groups excluding carboxylic acids is 1. The Labute approximate surface area is 138 Å². The second kappa shape index (κ2) is 8.96. The van der Waals surface area contributed by atoms with Crippen LogP contribution >= 0.6 is 15.9 Å². The van der Waals surface area contributed by atoms with Crippen LogP contribution in [-0.4, -0.2) is 52.7 Å². The number of halogens is 1. The zero-order valence-electron chi connectivity index (χ0n) is 12.4. The molecule has 0 radical (unpaired) electrons. The van der Waals surface area contributed by atoms with Gasteiger partial charge in [0.25, 0.3) is 5.91 Å². The molecule has 124 valence electrons. The Kier molecular flexibility index (Phi) is 7.63. The third-order valence-corrected chi connectivity index (χ3v) is 4.50. The highest BCUT2D eigenvalue weighted by molar-refractivity contribution is 9.09. The predicted octanol–water partition coefficient (Wildman–Crippen LogP) is 0.748. The minimum atomic E-state index is -3.38. The van der Waals surface area contributed by atoms with Gasteiger partial charge in [-0.05, 0) is 18.2 Å². The molecule has 9 heteroatoms. The van der Waals surface area contributed by atoms with Crippen molar-refractivity contribution in [2.75, 3.05) is 38.4 Å². The molecule has 0 unspecified atom stereocenters.